The molecule has 122 valence electrons. The van der Waals surface area contributed by atoms with Gasteiger partial charge in [0.2, 0.25) is 0 Å². The van der Waals surface area contributed by atoms with Gasteiger partial charge in [-0.15, -0.1) is 0 Å². The lowest BCUT2D eigenvalue weighted by molar-refractivity contribution is 0.209. The van der Waals surface area contributed by atoms with E-state index in [1.165, 1.54) is 50.0 Å². The summed E-state index contributed by atoms with van der Waals surface area (Å²) < 4.78 is 0. The van der Waals surface area contributed by atoms with Crippen molar-refractivity contribution >= 4 is 5.69 Å². The summed E-state index contributed by atoms with van der Waals surface area (Å²) in [5.41, 5.74) is 9.41. The largest absolute Gasteiger partial charge is 0.369 e. The van der Waals surface area contributed by atoms with E-state index in [4.69, 9.17) is 5.73 Å². The minimum Gasteiger partial charge on any atom is -0.369 e. The predicted octanol–water partition coefficient (Wildman–Crippen LogP) is 2.99. The van der Waals surface area contributed by atoms with Crippen LogP contribution in [0.1, 0.15) is 45.1 Å². The molecule has 22 heavy (non-hydrogen) atoms. The topological polar surface area (TPSA) is 32.5 Å². The Bertz CT molecular complexity index is 483. The maximum Gasteiger partial charge on any atom is 0.0405 e. The molecule has 3 rings (SSSR count). The van der Waals surface area contributed by atoms with Crippen LogP contribution < -0.4 is 10.6 Å². The number of piperazine rings is 1. The van der Waals surface area contributed by atoms with Crippen molar-refractivity contribution in [3.8, 4) is 0 Å². The molecule has 0 amide bonds. The summed E-state index contributed by atoms with van der Waals surface area (Å²) in [5.74, 6) is 0. The Morgan fingerprint density at radius 1 is 1.05 bits per heavy atom. The standard InChI is InChI=1S/C19H31N3/c1-16(2)21-11-13-22(14-12-21)18-8-4-3-7-17(18)19(15-20)9-5-6-10-19/h3-4,7-8,16H,5-6,9-15,20H2,1-2H3. The first-order chi connectivity index (χ1) is 10.7. The first-order valence-corrected chi connectivity index (χ1v) is 8.95. The van der Waals surface area contributed by atoms with Crippen LogP contribution in [-0.2, 0) is 5.41 Å². The molecule has 1 aliphatic carbocycles. The molecule has 3 nitrogen and oxygen atoms in total. The van der Waals surface area contributed by atoms with E-state index in [1.807, 2.05) is 0 Å². The summed E-state index contributed by atoms with van der Waals surface area (Å²) in [6.45, 7) is 9.99. The number of nitrogens with zero attached hydrogens (tertiary/aromatic N) is 2. The van der Waals surface area contributed by atoms with Gasteiger partial charge in [-0.3, -0.25) is 4.90 Å². The number of hydrogen-bond acceptors (Lipinski definition) is 3. The molecule has 1 saturated heterocycles. The number of anilines is 1. The summed E-state index contributed by atoms with van der Waals surface area (Å²) in [6, 6.07) is 9.69. The first-order valence-electron chi connectivity index (χ1n) is 8.95. The van der Waals surface area contributed by atoms with Gasteiger partial charge in [0.1, 0.15) is 0 Å². The zero-order chi connectivity index (χ0) is 15.6. The Balaban J connectivity index is 1.83. The van der Waals surface area contributed by atoms with Crippen LogP contribution in [0, 0.1) is 0 Å². The van der Waals surface area contributed by atoms with Gasteiger partial charge in [0, 0.05) is 49.9 Å². The highest BCUT2D eigenvalue weighted by Gasteiger charge is 2.37. The van der Waals surface area contributed by atoms with Gasteiger partial charge in [0.15, 0.2) is 0 Å². The van der Waals surface area contributed by atoms with Crippen LogP contribution in [-0.4, -0.2) is 43.7 Å². The fourth-order valence-electron chi connectivity index (χ4n) is 4.31. The normalized spacial score (nSPS) is 22.5. The molecule has 0 unspecified atom stereocenters. The molecule has 0 aromatic heterocycles. The molecule has 2 fully saturated rings. The van der Waals surface area contributed by atoms with E-state index < -0.39 is 0 Å². The molecular formula is C19H31N3. The Labute approximate surface area is 135 Å². The van der Waals surface area contributed by atoms with Gasteiger partial charge in [-0.2, -0.15) is 0 Å². The zero-order valence-electron chi connectivity index (χ0n) is 14.2. The third kappa shape index (κ3) is 2.89. The lowest BCUT2D eigenvalue weighted by Gasteiger charge is -2.41. The Kier molecular flexibility index (Phi) is 4.74. The van der Waals surface area contributed by atoms with Crippen LogP contribution >= 0.6 is 0 Å². The van der Waals surface area contributed by atoms with E-state index in [-0.39, 0.29) is 5.41 Å². The number of para-hydroxylation sites is 1. The summed E-state index contributed by atoms with van der Waals surface area (Å²) in [4.78, 5) is 5.16. The number of hydrogen-bond donors (Lipinski definition) is 1. The molecule has 1 aromatic carbocycles. The lowest BCUT2D eigenvalue weighted by atomic mass is 9.78. The average molecular weight is 301 g/mol. The fourth-order valence-corrected chi connectivity index (χ4v) is 4.31. The van der Waals surface area contributed by atoms with E-state index in [9.17, 15) is 0 Å². The van der Waals surface area contributed by atoms with Gasteiger partial charge in [0.25, 0.3) is 0 Å². The second-order valence-electron chi connectivity index (χ2n) is 7.33. The molecule has 1 aliphatic heterocycles. The van der Waals surface area contributed by atoms with Crippen molar-refractivity contribution in [3.05, 3.63) is 29.8 Å². The molecule has 1 heterocycles. The molecule has 2 aliphatic rings. The van der Waals surface area contributed by atoms with E-state index in [0.29, 0.717) is 6.04 Å². The van der Waals surface area contributed by atoms with Gasteiger partial charge in [-0.05, 0) is 38.3 Å². The second kappa shape index (κ2) is 6.59. The van der Waals surface area contributed by atoms with Crippen molar-refractivity contribution in [3.63, 3.8) is 0 Å². The molecule has 0 spiro atoms. The Hall–Kier alpha value is -1.06. The highest BCUT2D eigenvalue weighted by Crippen LogP contribution is 2.44. The smallest absolute Gasteiger partial charge is 0.0405 e. The third-order valence-electron chi connectivity index (χ3n) is 5.81. The highest BCUT2D eigenvalue weighted by atomic mass is 15.3. The van der Waals surface area contributed by atoms with Crippen LogP contribution in [0.2, 0.25) is 0 Å². The summed E-state index contributed by atoms with van der Waals surface area (Å²) >= 11 is 0. The fraction of sp³-hybridized carbons (Fsp3) is 0.684. The number of benzene rings is 1. The molecule has 3 heteroatoms. The molecule has 2 N–H and O–H groups in total. The average Bonchev–Trinajstić information content (AvgIpc) is 3.05. The van der Waals surface area contributed by atoms with Crippen molar-refractivity contribution in [2.45, 2.75) is 51.0 Å². The first kappa shape index (κ1) is 15.8. The predicted molar refractivity (Wildman–Crippen MR) is 94.6 cm³/mol. The number of nitrogens with two attached hydrogens (primary N) is 1. The van der Waals surface area contributed by atoms with Gasteiger partial charge >= 0.3 is 0 Å². The van der Waals surface area contributed by atoms with Gasteiger partial charge in [0.05, 0.1) is 0 Å². The Morgan fingerprint density at radius 2 is 1.68 bits per heavy atom. The van der Waals surface area contributed by atoms with E-state index in [1.54, 1.807) is 0 Å². The SMILES string of the molecule is CC(C)N1CCN(c2ccccc2C2(CN)CCCC2)CC1. The lowest BCUT2D eigenvalue weighted by Crippen LogP contribution is -2.49. The van der Waals surface area contributed by atoms with Crippen LogP contribution in [0.25, 0.3) is 0 Å². The second-order valence-corrected chi connectivity index (χ2v) is 7.33. The molecule has 0 atom stereocenters. The molecule has 1 saturated carbocycles. The maximum absolute atomic E-state index is 6.23. The van der Waals surface area contributed by atoms with Crippen LogP contribution in [0.4, 0.5) is 5.69 Å². The van der Waals surface area contributed by atoms with Crippen molar-refractivity contribution in [1.82, 2.24) is 4.90 Å². The van der Waals surface area contributed by atoms with E-state index >= 15 is 0 Å². The summed E-state index contributed by atoms with van der Waals surface area (Å²) in [7, 11) is 0. The van der Waals surface area contributed by atoms with Crippen molar-refractivity contribution < 1.29 is 0 Å². The van der Waals surface area contributed by atoms with Crippen LogP contribution in [0.3, 0.4) is 0 Å². The van der Waals surface area contributed by atoms with Crippen molar-refractivity contribution in [2.24, 2.45) is 5.73 Å². The highest BCUT2D eigenvalue weighted by molar-refractivity contribution is 5.57. The van der Waals surface area contributed by atoms with Crippen LogP contribution in [0.15, 0.2) is 24.3 Å². The van der Waals surface area contributed by atoms with Gasteiger partial charge < -0.3 is 10.6 Å². The zero-order valence-corrected chi connectivity index (χ0v) is 14.2. The van der Waals surface area contributed by atoms with Gasteiger partial charge in [-0.1, -0.05) is 31.0 Å². The minimum absolute atomic E-state index is 0.228. The Morgan fingerprint density at radius 3 is 2.27 bits per heavy atom. The molecule has 1 aromatic rings. The third-order valence-corrected chi connectivity index (χ3v) is 5.81. The molecular weight excluding hydrogens is 270 g/mol. The van der Waals surface area contributed by atoms with Crippen LogP contribution in [0.5, 0.6) is 0 Å². The summed E-state index contributed by atoms with van der Waals surface area (Å²) in [5, 5.41) is 0. The maximum atomic E-state index is 6.23. The molecule has 0 bridgehead atoms. The number of rotatable bonds is 4. The monoisotopic (exact) mass is 301 g/mol. The van der Waals surface area contributed by atoms with E-state index in [0.717, 1.165) is 19.6 Å². The summed E-state index contributed by atoms with van der Waals surface area (Å²) in [6.07, 6.45) is 5.16. The van der Waals surface area contributed by atoms with Crippen molar-refractivity contribution in [2.75, 3.05) is 37.6 Å². The quantitative estimate of drug-likeness (QED) is 0.928. The van der Waals surface area contributed by atoms with Gasteiger partial charge in [-0.25, -0.2) is 0 Å². The molecule has 0 radical (unpaired) electrons. The van der Waals surface area contributed by atoms with Crippen molar-refractivity contribution in [1.29, 1.82) is 0 Å². The van der Waals surface area contributed by atoms with E-state index in [2.05, 4.69) is 47.9 Å². The minimum atomic E-state index is 0.228.